The third kappa shape index (κ3) is 4.59. The molecule has 8 nitrogen and oxygen atoms in total. The molecule has 1 fully saturated rings. The van der Waals surface area contributed by atoms with Gasteiger partial charge in [0.25, 0.3) is 11.6 Å². The molecule has 2 aromatic carbocycles. The van der Waals surface area contributed by atoms with E-state index in [2.05, 4.69) is 10.9 Å². The second kappa shape index (κ2) is 8.83. The molecule has 1 aliphatic heterocycles. The van der Waals surface area contributed by atoms with E-state index >= 15 is 0 Å². The molecule has 0 atom stereocenters. The number of nitrogens with one attached hydrogen (secondary N) is 2. The number of carbonyl (C=O) groups excluding carboxylic acids is 1. The van der Waals surface area contributed by atoms with Crippen LogP contribution in [0.5, 0.6) is 0 Å². The van der Waals surface area contributed by atoms with Crippen LogP contribution in [-0.2, 0) is 4.74 Å². The number of anilines is 2. The van der Waals surface area contributed by atoms with Crippen molar-refractivity contribution in [1.29, 1.82) is 0 Å². The van der Waals surface area contributed by atoms with E-state index in [0.29, 0.717) is 37.0 Å². The number of morpholine rings is 1. The Morgan fingerprint density at radius 1 is 1.11 bits per heavy atom. The smallest absolute Gasteiger partial charge is 0.271 e. The zero-order valence-corrected chi connectivity index (χ0v) is 16.6. The molecule has 0 radical (unpaired) electrons. The Morgan fingerprint density at radius 3 is 2.36 bits per heavy atom. The fourth-order valence-corrected chi connectivity index (χ4v) is 3.66. The summed E-state index contributed by atoms with van der Waals surface area (Å²) in [6.07, 6.45) is 0. The summed E-state index contributed by atoms with van der Waals surface area (Å²) in [6, 6.07) is 7.08. The summed E-state index contributed by atoms with van der Waals surface area (Å²) in [6.45, 7) is 2.15. The van der Waals surface area contributed by atoms with E-state index in [-0.39, 0.29) is 27.0 Å². The molecule has 0 bridgehead atoms. The van der Waals surface area contributed by atoms with E-state index < -0.39 is 10.8 Å². The van der Waals surface area contributed by atoms with Crippen LogP contribution in [0.4, 0.5) is 17.1 Å². The average Bonchev–Trinajstić information content (AvgIpc) is 2.67. The first-order chi connectivity index (χ1) is 13.4. The standard InChI is InChI=1S/C17H15Cl3N4O4/c18-10-7-13(19)16(14(20)8-10)21-22-17(25)12-9-11(24(26)27)1-2-15(12)23-3-5-28-6-4-23/h1-2,7-9,21H,3-6H2,(H,22,25). The molecule has 0 saturated carbocycles. The zero-order chi connectivity index (χ0) is 20.3. The molecule has 11 heteroatoms. The van der Waals surface area contributed by atoms with Crippen molar-refractivity contribution >= 4 is 57.8 Å². The number of ether oxygens (including phenoxy) is 1. The van der Waals surface area contributed by atoms with E-state index in [1.165, 1.54) is 24.3 Å². The first-order valence-electron chi connectivity index (χ1n) is 8.19. The summed E-state index contributed by atoms with van der Waals surface area (Å²) in [4.78, 5) is 25.3. The lowest BCUT2D eigenvalue weighted by atomic mass is 10.1. The van der Waals surface area contributed by atoms with E-state index in [4.69, 9.17) is 39.5 Å². The summed E-state index contributed by atoms with van der Waals surface area (Å²) < 4.78 is 5.32. The molecule has 1 saturated heterocycles. The Kier molecular flexibility index (Phi) is 6.46. The number of nitro groups is 1. The SMILES string of the molecule is O=C(NNc1c(Cl)cc(Cl)cc1Cl)c1cc([N+](=O)[O-])ccc1N1CCOCC1. The number of halogens is 3. The van der Waals surface area contributed by atoms with Crippen LogP contribution in [0.25, 0.3) is 0 Å². The lowest BCUT2D eigenvalue weighted by molar-refractivity contribution is -0.384. The van der Waals surface area contributed by atoms with Gasteiger partial charge >= 0.3 is 0 Å². The summed E-state index contributed by atoms with van der Waals surface area (Å²) in [5, 5.41) is 11.9. The van der Waals surface area contributed by atoms with E-state index in [1.54, 1.807) is 6.07 Å². The first-order valence-corrected chi connectivity index (χ1v) is 9.32. The maximum atomic E-state index is 12.8. The second-order valence-electron chi connectivity index (χ2n) is 5.88. The third-order valence-corrected chi connectivity index (χ3v) is 4.91. The number of rotatable bonds is 5. The monoisotopic (exact) mass is 444 g/mol. The number of nitrogens with zero attached hydrogens (tertiary/aromatic N) is 2. The highest BCUT2D eigenvalue weighted by Crippen LogP contribution is 2.33. The Morgan fingerprint density at radius 2 is 1.75 bits per heavy atom. The van der Waals surface area contributed by atoms with Gasteiger partial charge in [0.2, 0.25) is 0 Å². The number of nitro benzene ring substituents is 1. The number of carbonyl (C=O) groups is 1. The Labute approximate surface area is 175 Å². The molecule has 0 aromatic heterocycles. The number of non-ortho nitro benzene ring substituents is 1. The number of hydrogen-bond acceptors (Lipinski definition) is 6. The van der Waals surface area contributed by atoms with Crippen molar-refractivity contribution in [1.82, 2.24) is 5.43 Å². The first kappa shape index (κ1) is 20.5. The molecule has 3 rings (SSSR count). The summed E-state index contributed by atoms with van der Waals surface area (Å²) in [7, 11) is 0. The largest absolute Gasteiger partial charge is 0.378 e. The molecule has 0 unspecified atom stereocenters. The topological polar surface area (TPSA) is 96.7 Å². The predicted octanol–water partition coefficient (Wildman–Crippen LogP) is 4.15. The average molecular weight is 446 g/mol. The van der Waals surface area contributed by atoms with Gasteiger partial charge in [-0.05, 0) is 18.2 Å². The molecule has 2 aromatic rings. The van der Waals surface area contributed by atoms with Crippen LogP contribution in [0.2, 0.25) is 15.1 Å². The van der Waals surface area contributed by atoms with Gasteiger partial charge in [-0.25, -0.2) is 0 Å². The maximum absolute atomic E-state index is 12.8. The van der Waals surface area contributed by atoms with Crippen LogP contribution in [0.1, 0.15) is 10.4 Å². The molecule has 0 spiro atoms. The molecule has 1 amide bonds. The van der Waals surface area contributed by atoms with Crippen molar-refractivity contribution in [3.05, 3.63) is 61.1 Å². The van der Waals surface area contributed by atoms with Crippen LogP contribution in [-0.4, -0.2) is 37.1 Å². The predicted molar refractivity (Wildman–Crippen MR) is 109 cm³/mol. The van der Waals surface area contributed by atoms with Gasteiger partial charge in [0.05, 0.1) is 45.1 Å². The van der Waals surface area contributed by atoms with Crippen molar-refractivity contribution in [2.24, 2.45) is 0 Å². The van der Waals surface area contributed by atoms with Gasteiger partial charge in [-0.3, -0.25) is 25.8 Å². The van der Waals surface area contributed by atoms with Gasteiger partial charge in [-0.1, -0.05) is 34.8 Å². The quantitative estimate of drug-likeness (QED) is 0.530. The molecule has 28 heavy (non-hydrogen) atoms. The maximum Gasteiger partial charge on any atom is 0.271 e. The highest BCUT2D eigenvalue weighted by atomic mass is 35.5. The van der Waals surface area contributed by atoms with Crippen LogP contribution < -0.4 is 15.8 Å². The summed E-state index contributed by atoms with van der Waals surface area (Å²) in [5.74, 6) is -0.577. The van der Waals surface area contributed by atoms with Crippen molar-refractivity contribution < 1.29 is 14.5 Å². The van der Waals surface area contributed by atoms with Crippen LogP contribution in [0.3, 0.4) is 0 Å². The zero-order valence-electron chi connectivity index (χ0n) is 14.4. The van der Waals surface area contributed by atoms with E-state index in [1.807, 2.05) is 4.90 Å². The molecular formula is C17H15Cl3N4O4. The van der Waals surface area contributed by atoms with Gasteiger partial charge < -0.3 is 9.64 Å². The Bertz CT molecular complexity index is 896. The van der Waals surface area contributed by atoms with Crippen LogP contribution in [0.15, 0.2) is 30.3 Å². The lowest BCUT2D eigenvalue weighted by Gasteiger charge is -2.30. The Balaban J connectivity index is 1.87. The second-order valence-corrected chi connectivity index (χ2v) is 7.13. The molecular weight excluding hydrogens is 431 g/mol. The molecule has 2 N–H and O–H groups in total. The van der Waals surface area contributed by atoms with Gasteiger partial charge in [-0.2, -0.15) is 0 Å². The van der Waals surface area contributed by atoms with Crippen LogP contribution >= 0.6 is 34.8 Å². The third-order valence-electron chi connectivity index (χ3n) is 4.10. The minimum absolute atomic E-state index is 0.143. The fourth-order valence-electron chi connectivity index (χ4n) is 2.75. The minimum atomic E-state index is -0.577. The molecule has 1 aliphatic rings. The minimum Gasteiger partial charge on any atom is -0.378 e. The van der Waals surface area contributed by atoms with Gasteiger partial charge in [0, 0.05) is 30.2 Å². The highest BCUT2D eigenvalue weighted by molar-refractivity contribution is 6.41. The lowest BCUT2D eigenvalue weighted by Crippen LogP contribution is -2.38. The van der Waals surface area contributed by atoms with Gasteiger partial charge in [0.15, 0.2) is 0 Å². The number of amides is 1. The molecule has 148 valence electrons. The van der Waals surface area contributed by atoms with E-state index in [0.717, 1.165) is 0 Å². The number of hydrazine groups is 1. The van der Waals surface area contributed by atoms with Crippen LogP contribution in [0, 0.1) is 10.1 Å². The summed E-state index contributed by atoms with van der Waals surface area (Å²) in [5.41, 5.74) is 5.92. The molecule has 0 aliphatic carbocycles. The van der Waals surface area contributed by atoms with Crippen molar-refractivity contribution in [2.45, 2.75) is 0 Å². The normalized spacial score (nSPS) is 13.9. The highest BCUT2D eigenvalue weighted by Gasteiger charge is 2.22. The van der Waals surface area contributed by atoms with E-state index in [9.17, 15) is 14.9 Å². The van der Waals surface area contributed by atoms with Crippen molar-refractivity contribution in [2.75, 3.05) is 36.6 Å². The van der Waals surface area contributed by atoms with Gasteiger partial charge in [0.1, 0.15) is 0 Å². The fraction of sp³-hybridized carbons (Fsp3) is 0.235. The number of benzene rings is 2. The Hall–Kier alpha value is -2.26. The van der Waals surface area contributed by atoms with Crippen molar-refractivity contribution in [3.8, 4) is 0 Å². The number of hydrogen-bond donors (Lipinski definition) is 2. The van der Waals surface area contributed by atoms with Crippen molar-refractivity contribution in [3.63, 3.8) is 0 Å². The van der Waals surface area contributed by atoms with Gasteiger partial charge in [-0.15, -0.1) is 0 Å². The summed E-state index contributed by atoms with van der Waals surface area (Å²) >= 11 is 18.1. The molecule has 1 heterocycles.